The minimum absolute atomic E-state index is 0.0821. The van der Waals surface area contributed by atoms with Crippen LogP contribution in [-0.4, -0.2) is 24.2 Å². The number of hydrogen-bond donors (Lipinski definition) is 1. The molecular weight excluding hydrogens is 397 g/mol. The van der Waals surface area contributed by atoms with Crippen LogP contribution < -0.4 is 5.32 Å². The summed E-state index contributed by atoms with van der Waals surface area (Å²) in [7, 11) is 0. The number of aryl methyl sites for hydroxylation is 2. The molecule has 0 radical (unpaired) electrons. The Balaban J connectivity index is 1.73. The van der Waals surface area contributed by atoms with Crippen molar-refractivity contribution in [1.82, 2.24) is 5.32 Å². The van der Waals surface area contributed by atoms with Crippen LogP contribution in [-0.2, 0) is 9.53 Å². The van der Waals surface area contributed by atoms with Gasteiger partial charge in [-0.05, 0) is 32.0 Å². The number of ether oxygens (including phenoxy) is 1. The second-order valence-electron chi connectivity index (χ2n) is 7.20. The van der Waals surface area contributed by atoms with Crippen molar-refractivity contribution in [2.24, 2.45) is 0 Å². The average Bonchev–Trinajstić information content (AvgIpc) is 2.76. The van der Waals surface area contributed by atoms with Gasteiger partial charge in [0.2, 0.25) is 5.78 Å². The first-order valence-electron chi connectivity index (χ1n) is 9.74. The molecule has 3 aromatic rings. The second kappa shape index (κ2) is 9.80. The van der Waals surface area contributed by atoms with Crippen LogP contribution >= 0.6 is 0 Å². The molecule has 0 aliphatic carbocycles. The van der Waals surface area contributed by atoms with Crippen molar-refractivity contribution < 1.29 is 23.5 Å². The normalized spacial score (nSPS) is 11.5. The van der Waals surface area contributed by atoms with Crippen LogP contribution in [0.5, 0.6) is 0 Å². The standard InChI is InChI=1S/C25H22FNO4/c1-16-6-10-18(11-7-16)23(29)24(19-12-8-17(2)9-13-19)31-22(28)15-27-25(30)20-4-3-5-21(26)14-20/h3-14,24H,15H2,1-2H3,(H,27,30)/t24-/m1/s1. The van der Waals surface area contributed by atoms with Crippen LogP contribution in [0.3, 0.4) is 0 Å². The van der Waals surface area contributed by atoms with Gasteiger partial charge in [-0.3, -0.25) is 14.4 Å². The highest BCUT2D eigenvalue weighted by molar-refractivity contribution is 6.01. The summed E-state index contributed by atoms with van der Waals surface area (Å²) < 4.78 is 18.7. The van der Waals surface area contributed by atoms with Crippen LogP contribution in [0.1, 0.15) is 43.5 Å². The summed E-state index contributed by atoms with van der Waals surface area (Å²) in [6.07, 6.45) is -1.15. The predicted molar refractivity (Wildman–Crippen MR) is 114 cm³/mol. The van der Waals surface area contributed by atoms with E-state index < -0.39 is 30.3 Å². The smallest absolute Gasteiger partial charge is 0.326 e. The van der Waals surface area contributed by atoms with Gasteiger partial charge in [0.25, 0.3) is 5.91 Å². The number of halogens is 1. The maximum atomic E-state index is 13.3. The molecule has 1 N–H and O–H groups in total. The summed E-state index contributed by atoms with van der Waals surface area (Å²) in [6, 6.07) is 19.2. The molecule has 3 aromatic carbocycles. The largest absolute Gasteiger partial charge is 0.448 e. The lowest BCUT2D eigenvalue weighted by Crippen LogP contribution is -2.32. The molecular formula is C25H22FNO4. The number of nitrogens with one attached hydrogen (secondary N) is 1. The van der Waals surface area contributed by atoms with Crippen LogP contribution in [0.2, 0.25) is 0 Å². The highest BCUT2D eigenvalue weighted by atomic mass is 19.1. The SMILES string of the molecule is Cc1ccc(C(=O)[C@H](OC(=O)CNC(=O)c2cccc(F)c2)c2ccc(C)cc2)cc1. The third-order valence-electron chi connectivity index (χ3n) is 4.68. The molecule has 0 aliphatic heterocycles. The van der Waals surface area contributed by atoms with Crippen molar-refractivity contribution in [3.63, 3.8) is 0 Å². The quantitative estimate of drug-likeness (QED) is 0.457. The number of rotatable bonds is 7. The lowest BCUT2D eigenvalue weighted by atomic mass is 9.98. The molecule has 0 fully saturated rings. The van der Waals surface area contributed by atoms with Crippen molar-refractivity contribution in [3.05, 3.63) is 106 Å². The summed E-state index contributed by atoms with van der Waals surface area (Å²) in [5.41, 5.74) is 3.02. The first-order chi connectivity index (χ1) is 14.8. The molecule has 0 aromatic heterocycles. The lowest BCUT2D eigenvalue weighted by Gasteiger charge is -2.18. The Hall–Kier alpha value is -3.80. The number of carbonyl (C=O) groups excluding carboxylic acids is 3. The van der Waals surface area contributed by atoms with Crippen LogP contribution in [0, 0.1) is 19.7 Å². The van der Waals surface area contributed by atoms with Crippen molar-refractivity contribution in [1.29, 1.82) is 0 Å². The number of ketones is 1. The summed E-state index contributed by atoms with van der Waals surface area (Å²) in [5.74, 6) is -2.32. The molecule has 0 heterocycles. The topological polar surface area (TPSA) is 72.5 Å². The highest BCUT2D eigenvalue weighted by Gasteiger charge is 2.26. The van der Waals surface area contributed by atoms with Crippen molar-refractivity contribution >= 4 is 17.7 Å². The van der Waals surface area contributed by atoms with E-state index in [4.69, 9.17) is 4.74 Å². The van der Waals surface area contributed by atoms with Crippen molar-refractivity contribution in [2.75, 3.05) is 6.54 Å². The zero-order chi connectivity index (χ0) is 22.4. The van der Waals surface area contributed by atoms with E-state index in [0.717, 1.165) is 17.2 Å². The molecule has 5 nitrogen and oxygen atoms in total. The Kier molecular flexibility index (Phi) is 6.92. The van der Waals surface area contributed by atoms with Gasteiger partial charge in [-0.2, -0.15) is 0 Å². The molecule has 0 saturated carbocycles. The van der Waals surface area contributed by atoms with Crippen molar-refractivity contribution in [2.45, 2.75) is 20.0 Å². The highest BCUT2D eigenvalue weighted by Crippen LogP contribution is 2.23. The van der Waals surface area contributed by atoms with Crippen LogP contribution in [0.25, 0.3) is 0 Å². The van der Waals surface area contributed by atoms with Gasteiger partial charge in [-0.1, -0.05) is 65.7 Å². The molecule has 0 spiro atoms. The molecule has 6 heteroatoms. The van der Waals surface area contributed by atoms with E-state index in [1.165, 1.54) is 18.2 Å². The molecule has 0 bridgehead atoms. The minimum Gasteiger partial charge on any atom is -0.448 e. The number of benzene rings is 3. The fraction of sp³-hybridized carbons (Fsp3) is 0.160. The molecule has 1 atom stereocenters. The molecule has 158 valence electrons. The zero-order valence-electron chi connectivity index (χ0n) is 17.2. The number of amides is 1. The lowest BCUT2D eigenvalue weighted by molar-refractivity contribution is -0.146. The van der Waals surface area contributed by atoms with E-state index in [2.05, 4.69) is 5.32 Å². The van der Waals surface area contributed by atoms with Gasteiger partial charge in [-0.15, -0.1) is 0 Å². The molecule has 0 unspecified atom stereocenters. The first kappa shape index (κ1) is 21.9. The third kappa shape index (κ3) is 5.85. The summed E-state index contributed by atoms with van der Waals surface area (Å²) in [5, 5.41) is 2.39. The van der Waals surface area contributed by atoms with Gasteiger partial charge in [0.05, 0.1) is 0 Å². The monoisotopic (exact) mass is 419 g/mol. The fourth-order valence-corrected chi connectivity index (χ4v) is 2.94. The Labute approximate surface area is 179 Å². The number of hydrogen-bond acceptors (Lipinski definition) is 4. The number of esters is 1. The molecule has 31 heavy (non-hydrogen) atoms. The van der Waals surface area contributed by atoms with Gasteiger partial charge in [0.1, 0.15) is 12.4 Å². The van der Waals surface area contributed by atoms with Gasteiger partial charge in [-0.25, -0.2) is 4.39 Å². The zero-order valence-corrected chi connectivity index (χ0v) is 17.2. The van der Waals surface area contributed by atoms with E-state index in [1.54, 1.807) is 36.4 Å². The van der Waals surface area contributed by atoms with E-state index in [1.807, 2.05) is 26.0 Å². The summed E-state index contributed by atoms with van der Waals surface area (Å²) >= 11 is 0. The van der Waals surface area contributed by atoms with E-state index in [0.29, 0.717) is 11.1 Å². The summed E-state index contributed by atoms with van der Waals surface area (Å²) in [6.45, 7) is 3.36. The molecule has 0 aliphatic rings. The number of carbonyl (C=O) groups is 3. The van der Waals surface area contributed by atoms with E-state index in [-0.39, 0.29) is 11.3 Å². The van der Waals surface area contributed by atoms with Gasteiger partial charge < -0.3 is 10.1 Å². The molecule has 0 saturated heterocycles. The Morgan fingerprint density at radius 1 is 0.871 bits per heavy atom. The van der Waals surface area contributed by atoms with E-state index >= 15 is 0 Å². The van der Waals surface area contributed by atoms with Gasteiger partial charge in [0.15, 0.2) is 6.10 Å². The third-order valence-corrected chi connectivity index (χ3v) is 4.68. The van der Waals surface area contributed by atoms with Crippen LogP contribution in [0.4, 0.5) is 4.39 Å². The Morgan fingerprint density at radius 3 is 2.10 bits per heavy atom. The van der Waals surface area contributed by atoms with Gasteiger partial charge in [0, 0.05) is 16.7 Å². The molecule has 3 rings (SSSR count). The maximum Gasteiger partial charge on any atom is 0.326 e. The fourth-order valence-electron chi connectivity index (χ4n) is 2.94. The van der Waals surface area contributed by atoms with Crippen LogP contribution in [0.15, 0.2) is 72.8 Å². The predicted octanol–water partition coefficient (Wildman–Crippen LogP) is 4.34. The van der Waals surface area contributed by atoms with E-state index in [9.17, 15) is 18.8 Å². The molecule has 1 amide bonds. The minimum atomic E-state index is -1.15. The maximum absolute atomic E-state index is 13.3. The Morgan fingerprint density at radius 2 is 1.48 bits per heavy atom. The number of Topliss-reactive ketones (excluding diaryl/α,β-unsaturated/α-hetero) is 1. The Bertz CT molecular complexity index is 1090. The van der Waals surface area contributed by atoms with Gasteiger partial charge >= 0.3 is 5.97 Å². The average molecular weight is 419 g/mol. The summed E-state index contributed by atoms with van der Waals surface area (Å²) in [4.78, 5) is 37.6. The second-order valence-corrected chi connectivity index (χ2v) is 7.20. The van der Waals surface area contributed by atoms with Crippen molar-refractivity contribution in [3.8, 4) is 0 Å². The first-order valence-corrected chi connectivity index (χ1v) is 9.74.